The lowest BCUT2D eigenvalue weighted by Gasteiger charge is -2.09. The number of hydrogen-bond donors (Lipinski definition) is 1. The van der Waals surface area contributed by atoms with Crippen molar-refractivity contribution in [1.29, 1.82) is 0 Å². The summed E-state index contributed by atoms with van der Waals surface area (Å²) < 4.78 is 49.0. The third kappa shape index (κ3) is 5.05. The predicted molar refractivity (Wildman–Crippen MR) is 104 cm³/mol. The number of rotatable bonds is 6. The predicted octanol–water partition coefficient (Wildman–Crippen LogP) is 5.03. The van der Waals surface area contributed by atoms with Crippen LogP contribution in [0.4, 0.5) is 18.3 Å². The van der Waals surface area contributed by atoms with Crippen molar-refractivity contribution in [3.63, 3.8) is 0 Å². The van der Waals surface area contributed by atoms with Crippen LogP contribution in [0.25, 0.3) is 11.3 Å². The highest BCUT2D eigenvalue weighted by molar-refractivity contribution is 7.14. The number of nitrogens with zero attached hydrogens (tertiary/aromatic N) is 1. The highest BCUT2D eigenvalue weighted by atomic mass is 32.1. The first kappa shape index (κ1) is 20.7. The van der Waals surface area contributed by atoms with Gasteiger partial charge in [-0.1, -0.05) is 18.2 Å². The van der Waals surface area contributed by atoms with E-state index in [4.69, 9.17) is 9.47 Å². The van der Waals surface area contributed by atoms with E-state index in [-0.39, 0.29) is 12.0 Å². The number of hydrogen-bond acceptors (Lipinski definition) is 5. The van der Waals surface area contributed by atoms with E-state index >= 15 is 0 Å². The van der Waals surface area contributed by atoms with Gasteiger partial charge in [0, 0.05) is 10.9 Å². The van der Waals surface area contributed by atoms with Crippen molar-refractivity contribution >= 4 is 22.4 Å². The van der Waals surface area contributed by atoms with Gasteiger partial charge in [0.2, 0.25) is 5.91 Å². The monoisotopic (exact) mass is 422 g/mol. The molecule has 1 heterocycles. The van der Waals surface area contributed by atoms with Crippen molar-refractivity contribution in [3.8, 4) is 22.8 Å². The number of carbonyl (C=O) groups is 1. The molecule has 3 rings (SSSR count). The van der Waals surface area contributed by atoms with Crippen LogP contribution in [0.2, 0.25) is 0 Å². The fourth-order valence-electron chi connectivity index (χ4n) is 2.68. The molecular weight excluding hydrogens is 405 g/mol. The third-order valence-corrected chi connectivity index (χ3v) is 4.81. The molecule has 29 heavy (non-hydrogen) atoms. The Bertz CT molecular complexity index is 1020. The summed E-state index contributed by atoms with van der Waals surface area (Å²) in [5, 5.41) is 4.70. The van der Waals surface area contributed by atoms with Gasteiger partial charge >= 0.3 is 6.18 Å². The molecule has 5 nitrogen and oxygen atoms in total. The first-order valence-corrected chi connectivity index (χ1v) is 9.32. The maximum absolute atomic E-state index is 12.8. The highest BCUT2D eigenvalue weighted by Crippen LogP contribution is 2.35. The summed E-state index contributed by atoms with van der Waals surface area (Å²) in [6.07, 6.45) is -4.65. The molecule has 0 saturated carbocycles. The van der Waals surface area contributed by atoms with Crippen LogP contribution in [0.3, 0.4) is 0 Å². The van der Waals surface area contributed by atoms with Crippen LogP contribution in [0.1, 0.15) is 11.1 Å². The molecule has 0 aliphatic rings. The van der Waals surface area contributed by atoms with Crippen molar-refractivity contribution in [1.82, 2.24) is 4.98 Å². The Morgan fingerprint density at radius 3 is 2.62 bits per heavy atom. The second kappa shape index (κ2) is 8.52. The third-order valence-electron chi connectivity index (χ3n) is 4.05. The van der Waals surface area contributed by atoms with Gasteiger partial charge in [0.25, 0.3) is 0 Å². The van der Waals surface area contributed by atoms with E-state index in [1.165, 1.54) is 30.6 Å². The standard InChI is InChI=1S/C20H17F3N2O3S/c1-27-14-6-7-17(28-2)15(10-14)16-11-29-19(24-16)25-18(26)9-12-4-3-5-13(8-12)20(21,22)23/h3-8,10-11H,9H2,1-2H3,(H,24,25,26). The van der Waals surface area contributed by atoms with E-state index in [2.05, 4.69) is 10.3 Å². The minimum absolute atomic E-state index is 0.193. The van der Waals surface area contributed by atoms with E-state index in [0.717, 1.165) is 12.1 Å². The lowest BCUT2D eigenvalue weighted by Crippen LogP contribution is -2.15. The summed E-state index contributed by atoms with van der Waals surface area (Å²) in [5.74, 6) is 0.768. The fraction of sp³-hybridized carbons (Fsp3) is 0.200. The van der Waals surface area contributed by atoms with Gasteiger partial charge in [-0.2, -0.15) is 13.2 Å². The van der Waals surface area contributed by atoms with Gasteiger partial charge in [0.1, 0.15) is 11.5 Å². The topological polar surface area (TPSA) is 60.5 Å². The van der Waals surface area contributed by atoms with E-state index in [1.54, 1.807) is 30.7 Å². The molecule has 0 unspecified atom stereocenters. The van der Waals surface area contributed by atoms with Crippen molar-refractivity contribution in [2.75, 3.05) is 19.5 Å². The number of anilines is 1. The van der Waals surface area contributed by atoms with Gasteiger partial charge in [-0.3, -0.25) is 4.79 Å². The molecular formula is C20H17F3N2O3S. The Hall–Kier alpha value is -3.07. The smallest absolute Gasteiger partial charge is 0.416 e. The Balaban J connectivity index is 1.73. The van der Waals surface area contributed by atoms with Crippen LogP contribution in [-0.2, 0) is 17.4 Å². The maximum atomic E-state index is 12.8. The molecule has 1 amide bonds. The highest BCUT2D eigenvalue weighted by Gasteiger charge is 2.30. The quantitative estimate of drug-likeness (QED) is 0.606. The van der Waals surface area contributed by atoms with Gasteiger partial charge in [0.15, 0.2) is 5.13 Å². The average Bonchev–Trinajstić information content (AvgIpc) is 3.15. The number of thiazole rings is 1. The lowest BCUT2D eigenvalue weighted by molar-refractivity contribution is -0.137. The summed E-state index contributed by atoms with van der Waals surface area (Å²) in [6, 6.07) is 9.96. The van der Waals surface area contributed by atoms with Gasteiger partial charge < -0.3 is 14.8 Å². The second-order valence-electron chi connectivity index (χ2n) is 6.03. The zero-order valence-electron chi connectivity index (χ0n) is 15.5. The van der Waals surface area contributed by atoms with Crippen LogP contribution in [-0.4, -0.2) is 25.1 Å². The van der Waals surface area contributed by atoms with Gasteiger partial charge in [-0.25, -0.2) is 4.98 Å². The molecule has 152 valence electrons. The van der Waals surface area contributed by atoms with E-state index in [9.17, 15) is 18.0 Å². The molecule has 0 aliphatic heterocycles. The minimum atomic E-state index is -4.45. The fourth-order valence-corrected chi connectivity index (χ4v) is 3.40. The number of aromatic nitrogens is 1. The Morgan fingerprint density at radius 1 is 1.14 bits per heavy atom. The molecule has 1 N–H and O–H groups in total. The maximum Gasteiger partial charge on any atom is 0.416 e. The number of amides is 1. The average molecular weight is 422 g/mol. The van der Waals surface area contributed by atoms with Gasteiger partial charge in [-0.05, 0) is 29.8 Å². The molecule has 9 heteroatoms. The van der Waals surface area contributed by atoms with Gasteiger partial charge in [0.05, 0.1) is 31.9 Å². The van der Waals surface area contributed by atoms with Crippen LogP contribution >= 0.6 is 11.3 Å². The molecule has 0 aliphatic carbocycles. The molecule has 3 aromatic rings. The molecule has 2 aromatic carbocycles. The summed E-state index contributed by atoms with van der Waals surface area (Å²) in [6.45, 7) is 0. The minimum Gasteiger partial charge on any atom is -0.497 e. The number of alkyl halides is 3. The molecule has 0 spiro atoms. The number of halogens is 3. The van der Waals surface area contributed by atoms with E-state index in [1.807, 2.05) is 0 Å². The summed E-state index contributed by atoms with van der Waals surface area (Å²) in [5.41, 5.74) is 0.759. The molecule has 0 atom stereocenters. The molecule has 0 radical (unpaired) electrons. The van der Waals surface area contributed by atoms with Gasteiger partial charge in [-0.15, -0.1) is 11.3 Å². The normalized spacial score (nSPS) is 11.2. The molecule has 0 fully saturated rings. The Kier molecular flexibility index (Phi) is 6.07. The SMILES string of the molecule is COc1ccc(OC)c(-c2csc(NC(=O)Cc3cccc(C(F)(F)F)c3)n2)c1. The van der Waals surface area contributed by atoms with Crippen molar-refractivity contribution in [3.05, 3.63) is 59.0 Å². The van der Waals surface area contributed by atoms with Crippen molar-refractivity contribution < 1.29 is 27.4 Å². The summed E-state index contributed by atoms with van der Waals surface area (Å²) >= 11 is 1.20. The lowest BCUT2D eigenvalue weighted by atomic mass is 10.1. The second-order valence-corrected chi connectivity index (χ2v) is 6.89. The van der Waals surface area contributed by atoms with Crippen molar-refractivity contribution in [2.45, 2.75) is 12.6 Å². The summed E-state index contributed by atoms with van der Waals surface area (Å²) in [7, 11) is 3.08. The zero-order valence-corrected chi connectivity index (χ0v) is 16.4. The number of benzene rings is 2. The van der Waals surface area contributed by atoms with Crippen molar-refractivity contribution in [2.24, 2.45) is 0 Å². The number of nitrogens with one attached hydrogen (secondary N) is 1. The number of ether oxygens (including phenoxy) is 2. The van der Waals surface area contributed by atoms with E-state index < -0.39 is 17.6 Å². The Morgan fingerprint density at radius 2 is 1.93 bits per heavy atom. The van der Waals surface area contributed by atoms with Crippen LogP contribution < -0.4 is 14.8 Å². The molecule has 0 saturated heterocycles. The molecule has 0 bridgehead atoms. The largest absolute Gasteiger partial charge is 0.497 e. The number of carbonyl (C=O) groups excluding carboxylic acids is 1. The molecule has 1 aromatic heterocycles. The zero-order chi connectivity index (χ0) is 21.0. The summed E-state index contributed by atoms with van der Waals surface area (Å²) in [4.78, 5) is 16.6. The van der Waals surface area contributed by atoms with E-state index in [0.29, 0.717) is 27.9 Å². The number of methoxy groups -OCH3 is 2. The Labute approximate surface area is 169 Å². The first-order chi connectivity index (χ1) is 13.8. The van der Waals surface area contributed by atoms with Crippen LogP contribution in [0.15, 0.2) is 47.8 Å². The first-order valence-electron chi connectivity index (χ1n) is 8.44. The van der Waals surface area contributed by atoms with Crippen LogP contribution in [0, 0.1) is 0 Å². The van der Waals surface area contributed by atoms with Crippen LogP contribution in [0.5, 0.6) is 11.5 Å².